The van der Waals surface area contributed by atoms with E-state index in [-0.39, 0.29) is 16.8 Å². The molecule has 0 saturated heterocycles. The zero-order valence-electron chi connectivity index (χ0n) is 15.6. The highest BCUT2D eigenvalue weighted by atomic mass is 19.4. The van der Waals surface area contributed by atoms with Gasteiger partial charge in [-0.15, -0.1) is 0 Å². The molecule has 3 aromatic rings. The zero-order valence-corrected chi connectivity index (χ0v) is 15.6. The molecule has 11 heteroatoms. The molecule has 164 valence electrons. The van der Waals surface area contributed by atoms with Crippen LogP contribution in [-0.4, -0.2) is 27.3 Å². The molecule has 0 bridgehead atoms. The topological polar surface area (TPSA) is 67.2 Å². The fraction of sp³-hybridized carbons (Fsp3) is 0.200. The second kappa shape index (κ2) is 8.42. The van der Waals surface area contributed by atoms with E-state index in [0.717, 1.165) is 29.1 Å². The van der Waals surface area contributed by atoms with Gasteiger partial charge in [-0.1, -0.05) is 18.2 Å². The predicted octanol–water partition coefficient (Wildman–Crippen LogP) is 4.37. The Bertz CT molecular complexity index is 1060. The molecule has 0 aliphatic carbocycles. The number of benzene rings is 2. The predicted molar refractivity (Wildman–Crippen MR) is 97.3 cm³/mol. The van der Waals surface area contributed by atoms with Crippen molar-refractivity contribution >= 4 is 5.91 Å². The molecule has 0 aliphatic heterocycles. The van der Waals surface area contributed by atoms with Crippen LogP contribution in [0.4, 0.5) is 26.3 Å². The Morgan fingerprint density at radius 3 is 2.19 bits per heavy atom. The van der Waals surface area contributed by atoms with Crippen molar-refractivity contribution in [2.24, 2.45) is 0 Å². The van der Waals surface area contributed by atoms with Crippen molar-refractivity contribution in [2.45, 2.75) is 18.5 Å². The monoisotopic (exact) mass is 443 g/mol. The summed E-state index contributed by atoms with van der Waals surface area (Å²) in [5.74, 6) is -0.675. The molecule has 1 unspecified atom stereocenters. The van der Waals surface area contributed by atoms with E-state index >= 15 is 0 Å². The van der Waals surface area contributed by atoms with Crippen molar-refractivity contribution in [1.82, 2.24) is 15.1 Å². The normalized spacial score (nSPS) is 13.1. The Balaban J connectivity index is 1.66. The van der Waals surface area contributed by atoms with Crippen LogP contribution in [0.2, 0.25) is 0 Å². The molecule has 5 nitrogen and oxygen atoms in total. The molecule has 1 aromatic heterocycles. The first-order valence-corrected chi connectivity index (χ1v) is 8.82. The number of aromatic nitrogens is 2. The molecule has 0 saturated carbocycles. The third-order valence-corrected chi connectivity index (χ3v) is 4.35. The summed E-state index contributed by atoms with van der Waals surface area (Å²) in [6.07, 6.45) is -9.72. The minimum Gasteiger partial charge on any atom is -0.387 e. The van der Waals surface area contributed by atoms with Crippen LogP contribution >= 0.6 is 0 Å². The Morgan fingerprint density at radius 2 is 1.61 bits per heavy atom. The van der Waals surface area contributed by atoms with Crippen molar-refractivity contribution in [1.29, 1.82) is 0 Å². The zero-order chi connectivity index (χ0) is 22.8. The standard InChI is InChI=1S/C20H15F6N3O2/c21-19(22,23)15-4-2-1-3-14(15)16(30)11-27-18(31)12-5-7-13(8-6-12)29-10-9-17(28-29)20(24,25)26/h1-10,16,30H,11H2,(H,27,31). The number of alkyl halides is 6. The van der Waals surface area contributed by atoms with Crippen molar-refractivity contribution in [3.05, 3.63) is 83.2 Å². The smallest absolute Gasteiger partial charge is 0.387 e. The molecule has 1 heterocycles. The van der Waals surface area contributed by atoms with Crippen LogP contribution in [0.5, 0.6) is 0 Å². The molecule has 2 N–H and O–H groups in total. The third-order valence-electron chi connectivity index (χ3n) is 4.35. The fourth-order valence-corrected chi connectivity index (χ4v) is 2.83. The second-order valence-corrected chi connectivity index (χ2v) is 6.50. The van der Waals surface area contributed by atoms with Crippen LogP contribution in [0.3, 0.4) is 0 Å². The van der Waals surface area contributed by atoms with E-state index < -0.39 is 42.2 Å². The summed E-state index contributed by atoms with van der Waals surface area (Å²) in [6.45, 7) is -0.470. The molecule has 31 heavy (non-hydrogen) atoms. The summed E-state index contributed by atoms with van der Waals surface area (Å²) in [7, 11) is 0. The fourth-order valence-electron chi connectivity index (χ4n) is 2.83. The maximum absolute atomic E-state index is 13.0. The van der Waals surface area contributed by atoms with E-state index in [1.54, 1.807) is 0 Å². The van der Waals surface area contributed by atoms with Crippen LogP contribution < -0.4 is 5.32 Å². The summed E-state index contributed by atoms with van der Waals surface area (Å²) >= 11 is 0. The van der Waals surface area contributed by atoms with Gasteiger partial charge in [-0.3, -0.25) is 4.79 Å². The molecule has 0 fully saturated rings. The van der Waals surface area contributed by atoms with Gasteiger partial charge in [-0.2, -0.15) is 31.4 Å². The minimum absolute atomic E-state index is 0.100. The van der Waals surface area contributed by atoms with Gasteiger partial charge in [0.05, 0.1) is 17.4 Å². The SMILES string of the molecule is O=C(NCC(O)c1ccccc1C(F)(F)F)c1ccc(-n2ccc(C(F)(F)F)n2)cc1. The largest absolute Gasteiger partial charge is 0.435 e. The van der Waals surface area contributed by atoms with E-state index in [1.807, 2.05) is 0 Å². The first kappa shape index (κ1) is 22.3. The van der Waals surface area contributed by atoms with Gasteiger partial charge in [0.25, 0.3) is 5.91 Å². The molecule has 2 aromatic carbocycles. The number of hydrogen-bond acceptors (Lipinski definition) is 3. The molecule has 0 spiro atoms. The molecule has 3 rings (SSSR count). The number of carbonyl (C=O) groups is 1. The van der Waals surface area contributed by atoms with E-state index in [1.165, 1.54) is 36.4 Å². The van der Waals surface area contributed by atoms with Gasteiger partial charge < -0.3 is 10.4 Å². The van der Waals surface area contributed by atoms with E-state index in [9.17, 15) is 36.2 Å². The van der Waals surface area contributed by atoms with Crippen LogP contribution in [0.1, 0.15) is 33.3 Å². The molecular formula is C20H15F6N3O2. The number of aliphatic hydroxyl groups is 1. The Hall–Kier alpha value is -3.34. The van der Waals surface area contributed by atoms with Gasteiger partial charge in [0.15, 0.2) is 5.69 Å². The number of aliphatic hydroxyl groups excluding tert-OH is 1. The second-order valence-electron chi connectivity index (χ2n) is 6.50. The number of amides is 1. The number of nitrogens with zero attached hydrogens (tertiary/aromatic N) is 2. The highest BCUT2D eigenvalue weighted by molar-refractivity contribution is 5.94. The number of hydrogen-bond donors (Lipinski definition) is 2. The maximum atomic E-state index is 13.0. The first-order valence-electron chi connectivity index (χ1n) is 8.82. The Kier molecular flexibility index (Phi) is 6.07. The third kappa shape index (κ3) is 5.23. The van der Waals surface area contributed by atoms with Crippen LogP contribution in [0, 0.1) is 0 Å². The molecule has 1 atom stereocenters. The van der Waals surface area contributed by atoms with Crippen molar-refractivity contribution in [3.8, 4) is 5.69 Å². The summed E-state index contributed by atoms with van der Waals surface area (Å²) in [6, 6.07) is 10.6. The number of nitrogens with one attached hydrogen (secondary N) is 1. The average molecular weight is 443 g/mol. The molecule has 0 aliphatic rings. The van der Waals surface area contributed by atoms with Crippen LogP contribution in [0.25, 0.3) is 5.69 Å². The van der Waals surface area contributed by atoms with Gasteiger partial charge in [-0.25, -0.2) is 4.68 Å². The lowest BCUT2D eigenvalue weighted by atomic mass is 10.0. The van der Waals surface area contributed by atoms with Gasteiger partial charge >= 0.3 is 12.4 Å². The Labute approximate surface area is 171 Å². The highest BCUT2D eigenvalue weighted by Crippen LogP contribution is 2.34. The summed E-state index contributed by atoms with van der Waals surface area (Å²) in [5.41, 5.74) is -2.07. The quantitative estimate of drug-likeness (QED) is 0.576. The summed E-state index contributed by atoms with van der Waals surface area (Å²) < 4.78 is 78.1. The average Bonchev–Trinajstić information content (AvgIpc) is 3.22. The van der Waals surface area contributed by atoms with E-state index in [4.69, 9.17) is 0 Å². The minimum atomic E-state index is -4.66. The maximum Gasteiger partial charge on any atom is 0.435 e. The van der Waals surface area contributed by atoms with Gasteiger partial charge in [0.2, 0.25) is 0 Å². The van der Waals surface area contributed by atoms with Gasteiger partial charge in [0, 0.05) is 18.3 Å². The Morgan fingerprint density at radius 1 is 0.968 bits per heavy atom. The highest BCUT2D eigenvalue weighted by Gasteiger charge is 2.35. The van der Waals surface area contributed by atoms with Gasteiger partial charge in [-0.05, 0) is 42.0 Å². The van der Waals surface area contributed by atoms with E-state index in [2.05, 4.69) is 10.4 Å². The lowest BCUT2D eigenvalue weighted by Crippen LogP contribution is -2.29. The van der Waals surface area contributed by atoms with Crippen LogP contribution in [-0.2, 0) is 12.4 Å². The van der Waals surface area contributed by atoms with Crippen LogP contribution in [0.15, 0.2) is 60.8 Å². The van der Waals surface area contributed by atoms with Crippen molar-refractivity contribution < 1.29 is 36.2 Å². The number of rotatable bonds is 5. The van der Waals surface area contributed by atoms with Crippen molar-refractivity contribution in [2.75, 3.05) is 6.54 Å². The number of halogens is 6. The molecular weight excluding hydrogens is 428 g/mol. The van der Waals surface area contributed by atoms with Gasteiger partial charge in [0.1, 0.15) is 0 Å². The lowest BCUT2D eigenvalue weighted by Gasteiger charge is -2.18. The van der Waals surface area contributed by atoms with Crippen molar-refractivity contribution in [3.63, 3.8) is 0 Å². The summed E-state index contributed by atoms with van der Waals surface area (Å²) in [4.78, 5) is 12.2. The number of carbonyl (C=O) groups excluding carboxylic acids is 1. The molecule has 1 amide bonds. The lowest BCUT2D eigenvalue weighted by molar-refractivity contribution is -0.141. The first-order chi connectivity index (χ1) is 14.5. The molecule has 0 radical (unpaired) electrons. The summed E-state index contributed by atoms with van der Waals surface area (Å²) in [5, 5.41) is 15.8. The van der Waals surface area contributed by atoms with E-state index in [0.29, 0.717) is 0 Å².